The average molecular weight is 431 g/mol. The maximum atomic E-state index is 13.1. The molecule has 0 unspecified atom stereocenters. The third-order valence-electron chi connectivity index (χ3n) is 4.70. The lowest BCUT2D eigenvalue weighted by atomic mass is 10.2. The molecular weight excluding hydrogens is 408 g/mol. The third kappa shape index (κ3) is 5.29. The molecule has 0 radical (unpaired) electrons. The van der Waals surface area contributed by atoms with Gasteiger partial charge < -0.3 is 9.47 Å². The van der Waals surface area contributed by atoms with Gasteiger partial charge in [0.2, 0.25) is 0 Å². The molecule has 3 aromatic carbocycles. The number of carbonyl (C=O) groups excluding carboxylic acids is 1. The van der Waals surface area contributed by atoms with Crippen molar-refractivity contribution in [2.45, 2.75) is 6.54 Å². The van der Waals surface area contributed by atoms with Crippen LogP contribution in [0, 0.1) is 0 Å². The molecule has 0 aliphatic heterocycles. The zero-order chi connectivity index (χ0) is 21.5. The maximum Gasteiger partial charge on any atom is 0.267 e. The lowest BCUT2D eigenvalue weighted by molar-refractivity contribution is -0.120. The van der Waals surface area contributed by atoms with Gasteiger partial charge >= 0.3 is 0 Å². The predicted molar refractivity (Wildman–Crippen MR) is 124 cm³/mol. The Kier molecular flexibility index (Phi) is 6.59. The fourth-order valence-corrected chi connectivity index (χ4v) is 3.90. The summed E-state index contributed by atoms with van der Waals surface area (Å²) in [5.74, 6) is 1.30. The van der Waals surface area contributed by atoms with Gasteiger partial charge in [0.05, 0.1) is 19.3 Å². The molecule has 0 aliphatic carbocycles. The van der Waals surface area contributed by atoms with Gasteiger partial charge in [0.15, 0.2) is 11.7 Å². The SMILES string of the molecule is COc1ccc(-c2csc(N(Cc3ccccc3)C(=O)COc3ccccc3)n2)cc1. The van der Waals surface area contributed by atoms with E-state index in [0.717, 1.165) is 22.6 Å². The first-order valence-corrected chi connectivity index (χ1v) is 10.7. The number of nitrogens with zero attached hydrogens (tertiary/aromatic N) is 2. The number of hydrogen-bond donors (Lipinski definition) is 0. The van der Waals surface area contributed by atoms with E-state index in [1.807, 2.05) is 90.3 Å². The van der Waals surface area contributed by atoms with Gasteiger partial charge in [-0.15, -0.1) is 11.3 Å². The molecule has 1 heterocycles. The second kappa shape index (κ2) is 9.91. The number of anilines is 1. The zero-order valence-corrected chi connectivity index (χ0v) is 17.9. The van der Waals surface area contributed by atoms with E-state index < -0.39 is 0 Å². The van der Waals surface area contributed by atoms with Crippen LogP contribution in [-0.4, -0.2) is 24.6 Å². The van der Waals surface area contributed by atoms with Gasteiger partial charge in [-0.2, -0.15) is 0 Å². The maximum absolute atomic E-state index is 13.1. The summed E-state index contributed by atoms with van der Waals surface area (Å²) in [7, 11) is 1.64. The van der Waals surface area contributed by atoms with Crippen LogP contribution in [0.4, 0.5) is 5.13 Å². The van der Waals surface area contributed by atoms with Gasteiger partial charge in [0, 0.05) is 10.9 Å². The molecule has 1 aromatic heterocycles. The molecule has 0 aliphatic rings. The standard InChI is InChI=1S/C25H22N2O3S/c1-29-21-14-12-20(13-15-21)23-18-31-25(26-23)27(16-19-8-4-2-5-9-19)24(28)17-30-22-10-6-3-7-11-22/h2-15,18H,16-17H2,1H3. The Labute approximate surface area is 185 Å². The molecular formula is C25H22N2O3S. The largest absolute Gasteiger partial charge is 0.497 e. The van der Waals surface area contributed by atoms with Crippen LogP contribution in [-0.2, 0) is 11.3 Å². The highest BCUT2D eigenvalue weighted by atomic mass is 32.1. The Bertz CT molecular complexity index is 1110. The molecule has 0 saturated heterocycles. The number of aromatic nitrogens is 1. The van der Waals surface area contributed by atoms with Gasteiger partial charge in [0.25, 0.3) is 5.91 Å². The van der Waals surface area contributed by atoms with E-state index in [1.165, 1.54) is 11.3 Å². The molecule has 0 saturated carbocycles. The van der Waals surface area contributed by atoms with Crippen molar-refractivity contribution in [1.82, 2.24) is 4.98 Å². The zero-order valence-electron chi connectivity index (χ0n) is 17.1. The summed E-state index contributed by atoms with van der Waals surface area (Å²) in [6, 6.07) is 26.9. The molecule has 1 amide bonds. The van der Waals surface area contributed by atoms with Crippen LogP contribution in [0.2, 0.25) is 0 Å². The van der Waals surface area contributed by atoms with E-state index in [1.54, 1.807) is 12.0 Å². The number of thiazole rings is 1. The quantitative estimate of drug-likeness (QED) is 0.374. The van der Waals surface area contributed by atoms with Crippen molar-refractivity contribution in [3.63, 3.8) is 0 Å². The normalized spacial score (nSPS) is 10.5. The highest BCUT2D eigenvalue weighted by Gasteiger charge is 2.21. The third-order valence-corrected chi connectivity index (χ3v) is 5.56. The summed E-state index contributed by atoms with van der Waals surface area (Å²) in [5, 5.41) is 2.59. The Morgan fingerprint density at radius 2 is 1.58 bits per heavy atom. The van der Waals surface area contributed by atoms with Crippen LogP contribution in [0.5, 0.6) is 11.5 Å². The van der Waals surface area contributed by atoms with Crippen molar-refractivity contribution < 1.29 is 14.3 Å². The van der Waals surface area contributed by atoms with Crippen LogP contribution in [0.15, 0.2) is 90.3 Å². The van der Waals surface area contributed by atoms with Gasteiger partial charge in [-0.05, 0) is 42.0 Å². The van der Waals surface area contributed by atoms with E-state index in [0.29, 0.717) is 17.4 Å². The highest BCUT2D eigenvalue weighted by Crippen LogP contribution is 2.29. The summed E-state index contributed by atoms with van der Waals surface area (Å²) in [4.78, 5) is 19.5. The van der Waals surface area contributed by atoms with Crippen molar-refractivity contribution in [1.29, 1.82) is 0 Å². The van der Waals surface area contributed by atoms with Gasteiger partial charge in [-0.3, -0.25) is 9.69 Å². The van der Waals surface area contributed by atoms with E-state index in [9.17, 15) is 4.79 Å². The topological polar surface area (TPSA) is 51.7 Å². The number of benzene rings is 3. The highest BCUT2D eigenvalue weighted by molar-refractivity contribution is 7.14. The van der Waals surface area contributed by atoms with Crippen LogP contribution in [0.1, 0.15) is 5.56 Å². The molecule has 156 valence electrons. The van der Waals surface area contributed by atoms with Gasteiger partial charge in [-0.1, -0.05) is 48.5 Å². The van der Waals surface area contributed by atoms with E-state index in [2.05, 4.69) is 0 Å². The first-order chi connectivity index (χ1) is 15.2. The minimum Gasteiger partial charge on any atom is -0.497 e. The summed E-state index contributed by atoms with van der Waals surface area (Å²) in [6.07, 6.45) is 0. The molecule has 0 atom stereocenters. The van der Waals surface area contributed by atoms with Crippen molar-refractivity contribution in [3.05, 3.63) is 95.9 Å². The molecule has 5 nitrogen and oxygen atoms in total. The van der Waals surface area contributed by atoms with E-state index in [4.69, 9.17) is 14.5 Å². The predicted octanol–water partition coefficient (Wildman–Crippen LogP) is 5.43. The van der Waals surface area contributed by atoms with Crippen LogP contribution in [0.3, 0.4) is 0 Å². The fourth-order valence-electron chi connectivity index (χ4n) is 3.05. The second-order valence-corrected chi connectivity index (χ2v) is 7.65. The molecule has 6 heteroatoms. The first-order valence-electron chi connectivity index (χ1n) is 9.85. The summed E-state index contributed by atoms with van der Waals surface area (Å²) in [6.45, 7) is 0.363. The van der Waals surface area contributed by atoms with Crippen molar-refractivity contribution in [3.8, 4) is 22.8 Å². The number of rotatable bonds is 8. The molecule has 4 rings (SSSR count). The van der Waals surface area contributed by atoms with Crippen molar-refractivity contribution in [2.75, 3.05) is 18.6 Å². The smallest absolute Gasteiger partial charge is 0.267 e. The molecule has 0 spiro atoms. The monoisotopic (exact) mass is 430 g/mol. The number of methoxy groups -OCH3 is 1. The van der Waals surface area contributed by atoms with E-state index >= 15 is 0 Å². The minimum absolute atomic E-state index is 0.0612. The number of carbonyl (C=O) groups is 1. The number of ether oxygens (including phenoxy) is 2. The Hall–Kier alpha value is -3.64. The fraction of sp³-hybridized carbons (Fsp3) is 0.120. The summed E-state index contributed by atoms with van der Waals surface area (Å²) >= 11 is 1.44. The lowest BCUT2D eigenvalue weighted by Crippen LogP contribution is -2.34. The first kappa shape index (κ1) is 20.6. The molecule has 31 heavy (non-hydrogen) atoms. The molecule has 0 fully saturated rings. The average Bonchev–Trinajstić information content (AvgIpc) is 3.32. The Balaban J connectivity index is 1.56. The number of amides is 1. The molecule has 0 bridgehead atoms. The lowest BCUT2D eigenvalue weighted by Gasteiger charge is -2.20. The minimum atomic E-state index is -0.150. The van der Waals surface area contributed by atoms with Crippen LogP contribution >= 0.6 is 11.3 Å². The molecule has 0 N–H and O–H groups in total. The summed E-state index contributed by atoms with van der Waals surface area (Å²) < 4.78 is 10.9. The van der Waals surface area contributed by atoms with Crippen LogP contribution in [0.25, 0.3) is 11.3 Å². The Morgan fingerprint density at radius 3 is 2.26 bits per heavy atom. The van der Waals surface area contributed by atoms with Gasteiger partial charge in [0.1, 0.15) is 11.5 Å². The molecule has 4 aromatic rings. The second-order valence-electron chi connectivity index (χ2n) is 6.81. The van der Waals surface area contributed by atoms with Gasteiger partial charge in [-0.25, -0.2) is 4.98 Å². The van der Waals surface area contributed by atoms with Crippen molar-refractivity contribution >= 4 is 22.4 Å². The summed E-state index contributed by atoms with van der Waals surface area (Å²) in [5.41, 5.74) is 2.81. The van der Waals surface area contributed by atoms with Crippen molar-refractivity contribution in [2.24, 2.45) is 0 Å². The number of hydrogen-bond acceptors (Lipinski definition) is 5. The van der Waals surface area contributed by atoms with E-state index in [-0.39, 0.29) is 12.5 Å². The van der Waals surface area contributed by atoms with Crippen LogP contribution < -0.4 is 14.4 Å². The number of para-hydroxylation sites is 1. The Morgan fingerprint density at radius 1 is 0.903 bits per heavy atom.